The summed E-state index contributed by atoms with van der Waals surface area (Å²) in [6, 6.07) is 7.73. The minimum Gasteiger partial charge on any atom is -0.394 e. The molecule has 2 nitrogen and oxygen atoms in total. The van der Waals surface area contributed by atoms with Gasteiger partial charge in [-0.1, -0.05) is 23.7 Å². The van der Waals surface area contributed by atoms with Crippen LogP contribution in [0.1, 0.15) is 0 Å². The summed E-state index contributed by atoms with van der Waals surface area (Å²) >= 11 is 7.62. The van der Waals surface area contributed by atoms with Gasteiger partial charge in [0.25, 0.3) is 0 Å². The summed E-state index contributed by atoms with van der Waals surface area (Å²) in [5.41, 5.74) is 0. The van der Waals surface area contributed by atoms with Crippen LogP contribution < -0.4 is 0 Å². The highest BCUT2D eigenvalue weighted by Crippen LogP contribution is 2.26. The highest BCUT2D eigenvalue weighted by atomic mass is 35.5. The maximum atomic E-state index is 8.47. The van der Waals surface area contributed by atoms with Gasteiger partial charge in [-0.15, -0.1) is 11.8 Å². The number of aliphatic hydroxyl groups excluding tert-OH is 1. The first kappa shape index (κ1) is 11.9. The van der Waals surface area contributed by atoms with Crippen LogP contribution in [0, 0.1) is 0 Å². The second-order valence-corrected chi connectivity index (χ2v) is 4.16. The first-order chi connectivity index (χ1) is 6.84. The van der Waals surface area contributed by atoms with Gasteiger partial charge in [-0.2, -0.15) is 0 Å². The van der Waals surface area contributed by atoms with Crippen LogP contribution in [0.15, 0.2) is 29.2 Å². The molecule has 0 fully saturated rings. The van der Waals surface area contributed by atoms with E-state index in [0.29, 0.717) is 13.2 Å². The van der Waals surface area contributed by atoms with Crippen molar-refractivity contribution in [3.63, 3.8) is 0 Å². The van der Waals surface area contributed by atoms with Crippen molar-refractivity contribution in [1.29, 1.82) is 0 Å². The van der Waals surface area contributed by atoms with Gasteiger partial charge in [0.1, 0.15) is 0 Å². The van der Waals surface area contributed by atoms with E-state index in [4.69, 9.17) is 21.4 Å². The molecule has 0 atom stereocenters. The summed E-state index contributed by atoms with van der Waals surface area (Å²) in [5, 5.41) is 9.25. The third-order valence-electron chi connectivity index (χ3n) is 1.56. The van der Waals surface area contributed by atoms with E-state index in [0.717, 1.165) is 15.7 Å². The van der Waals surface area contributed by atoms with Crippen LogP contribution in [0.4, 0.5) is 0 Å². The number of rotatable bonds is 6. The molecule has 1 aromatic carbocycles. The molecule has 0 aliphatic carbocycles. The van der Waals surface area contributed by atoms with Crippen LogP contribution in [-0.2, 0) is 4.74 Å². The van der Waals surface area contributed by atoms with Gasteiger partial charge in [0.15, 0.2) is 0 Å². The van der Waals surface area contributed by atoms with Crippen LogP contribution in [0.5, 0.6) is 0 Å². The van der Waals surface area contributed by atoms with Crippen molar-refractivity contribution < 1.29 is 9.84 Å². The van der Waals surface area contributed by atoms with Crippen molar-refractivity contribution in [2.75, 3.05) is 25.6 Å². The van der Waals surface area contributed by atoms with E-state index in [2.05, 4.69) is 0 Å². The molecule has 4 heteroatoms. The Balaban J connectivity index is 2.21. The summed E-state index contributed by atoms with van der Waals surface area (Å²) in [6.07, 6.45) is 0. The molecule has 0 heterocycles. The van der Waals surface area contributed by atoms with Crippen LogP contribution >= 0.6 is 23.4 Å². The molecule has 1 rings (SSSR count). The second kappa shape index (κ2) is 7.12. The molecule has 0 radical (unpaired) electrons. The minimum atomic E-state index is 0.0801. The van der Waals surface area contributed by atoms with E-state index >= 15 is 0 Å². The molecule has 0 saturated carbocycles. The third-order valence-corrected chi connectivity index (χ3v) is 3.04. The molecular formula is C10H13ClO2S. The first-order valence-corrected chi connectivity index (χ1v) is 5.77. The maximum absolute atomic E-state index is 8.47. The number of halogens is 1. The average Bonchev–Trinajstić information content (AvgIpc) is 2.20. The smallest absolute Gasteiger partial charge is 0.0698 e. The zero-order valence-corrected chi connectivity index (χ0v) is 9.35. The Bertz CT molecular complexity index is 268. The molecule has 78 valence electrons. The summed E-state index contributed by atoms with van der Waals surface area (Å²) in [4.78, 5) is 1.07. The van der Waals surface area contributed by atoms with Crippen LogP contribution in [0.25, 0.3) is 0 Å². The zero-order valence-electron chi connectivity index (χ0n) is 7.78. The van der Waals surface area contributed by atoms with Gasteiger partial charge in [-0.05, 0) is 12.1 Å². The molecule has 1 N–H and O–H groups in total. The number of thioether (sulfide) groups is 1. The Morgan fingerprint density at radius 2 is 2.07 bits per heavy atom. The number of aliphatic hydroxyl groups is 1. The van der Waals surface area contributed by atoms with Gasteiger partial charge >= 0.3 is 0 Å². The zero-order chi connectivity index (χ0) is 10.2. The fourth-order valence-electron chi connectivity index (χ4n) is 0.939. The average molecular weight is 233 g/mol. The maximum Gasteiger partial charge on any atom is 0.0698 e. The van der Waals surface area contributed by atoms with E-state index < -0.39 is 0 Å². The molecule has 0 saturated heterocycles. The Kier molecular flexibility index (Phi) is 6.03. The molecular weight excluding hydrogens is 220 g/mol. The lowest BCUT2D eigenvalue weighted by molar-refractivity contribution is 0.103. The molecule has 1 aromatic rings. The molecule has 0 amide bonds. The quantitative estimate of drug-likeness (QED) is 0.604. The van der Waals surface area contributed by atoms with Crippen molar-refractivity contribution >= 4 is 23.4 Å². The topological polar surface area (TPSA) is 29.5 Å². The van der Waals surface area contributed by atoms with E-state index in [9.17, 15) is 0 Å². The monoisotopic (exact) mass is 232 g/mol. The van der Waals surface area contributed by atoms with Gasteiger partial charge in [0.2, 0.25) is 0 Å². The number of hydrogen-bond acceptors (Lipinski definition) is 3. The molecule has 0 spiro atoms. The molecule has 0 aliphatic heterocycles. The number of benzene rings is 1. The third kappa shape index (κ3) is 4.33. The van der Waals surface area contributed by atoms with Crippen molar-refractivity contribution in [1.82, 2.24) is 0 Å². The van der Waals surface area contributed by atoms with Crippen LogP contribution in [0.2, 0.25) is 5.02 Å². The van der Waals surface area contributed by atoms with Gasteiger partial charge in [-0.3, -0.25) is 0 Å². The molecule has 0 bridgehead atoms. The van der Waals surface area contributed by atoms with Gasteiger partial charge in [0.05, 0.1) is 24.8 Å². The molecule has 0 aromatic heterocycles. The van der Waals surface area contributed by atoms with Crippen molar-refractivity contribution in [2.24, 2.45) is 0 Å². The van der Waals surface area contributed by atoms with Crippen molar-refractivity contribution in [3.05, 3.63) is 29.3 Å². The largest absolute Gasteiger partial charge is 0.394 e. The number of ether oxygens (including phenoxy) is 1. The minimum absolute atomic E-state index is 0.0801. The summed E-state index contributed by atoms with van der Waals surface area (Å²) in [6.45, 7) is 1.12. The fraction of sp³-hybridized carbons (Fsp3) is 0.400. The summed E-state index contributed by atoms with van der Waals surface area (Å²) in [5.74, 6) is 0.851. The SMILES string of the molecule is OCCOCCSc1ccccc1Cl. The lowest BCUT2D eigenvalue weighted by atomic mass is 10.4. The van der Waals surface area contributed by atoms with Crippen LogP contribution in [-0.4, -0.2) is 30.7 Å². The Labute approximate surface area is 93.2 Å². The van der Waals surface area contributed by atoms with Gasteiger partial charge in [0, 0.05) is 10.6 Å². The highest BCUT2D eigenvalue weighted by molar-refractivity contribution is 7.99. The molecule has 14 heavy (non-hydrogen) atoms. The normalized spacial score (nSPS) is 10.4. The van der Waals surface area contributed by atoms with E-state index in [1.165, 1.54) is 0 Å². The predicted octanol–water partition coefficient (Wildman–Crippen LogP) is 2.44. The van der Waals surface area contributed by atoms with Gasteiger partial charge in [-0.25, -0.2) is 0 Å². The summed E-state index contributed by atoms with van der Waals surface area (Å²) in [7, 11) is 0. The van der Waals surface area contributed by atoms with E-state index in [-0.39, 0.29) is 6.61 Å². The lowest BCUT2D eigenvalue weighted by Crippen LogP contribution is -2.02. The first-order valence-electron chi connectivity index (χ1n) is 4.40. The Hall–Kier alpha value is -0.220. The predicted molar refractivity (Wildman–Crippen MR) is 60.1 cm³/mol. The standard InChI is InChI=1S/C10H13ClO2S/c11-9-3-1-2-4-10(9)14-8-7-13-6-5-12/h1-4,12H,5-8H2. The number of hydrogen-bond donors (Lipinski definition) is 1. The molecule has 0 unspecified atom stereocenters. The lowest BCUT2D eigenvalue weighted by Gasteiger charge is -2.03. The Morgan fingerprint density at radius 1 is 1.29 bits per heavy atom. The van der Waals surface area contributed by atoms with E-state index in [1.807, 2.05) is 24.3 Å². The fourth-order valence-corrected chi connectivity index (χ4v) is 2.04. The molecule has 0 aliphatic rings. The van der Waals surface area contributed by atoms with Crippen molar-refractivity contribution in [2.45, 2.75) is 4.90 Å². The van der Waals surface area contributed by atoms with Crippen LogP contribution in [0.3, 0.4) is 0 Å². The highest BCUT2D eigenvalue weighted by Gasteiger charge is 1.98. The van der Waals surface area contributed by atoms with Crippen molar-refractivity contribution in [3.8, 4) is 0 Å². The summed E-state index contributed by atoms with van der Waals surface area (Å²) < 4.78 is 5.13. The second-order valence-electron chi connectivity index (χ2n) is 2.61. The Morgan fingerprint density at radius 3 is 2.79 bits per heavy atom. The van der Waals surface area contributed by atoms with E-state index in [1.54, 1.807) is 11.8 Å². The van der Waals surface area contributed by atoms with Gasteiger partial charge < -0.3 is 9.84 Å².